The summed E-state index contributed by atoms with van der Waals surface area (Å²) in [6, 6.07) is 9.44. The monoisotopic (exact) mass is 241 g/mol. The highest BCUT2D eigenvalue weighted by Gasteiger charge is 2.28. The van der Waals surface area contributed by atoms with Crippen LogP contribution in [0.4, 0.5) is 13.2 Å². The van der Waals surface area contributed by atoms with Gasteiger partial charge in [0.05, 0.1) is 12.0 Å². The number of hydrogen-bond acceptors (Lipinski definition) is 1. The number of hydrogen-bond donors (Lipinski definition) is 0. The van der Waals surface area contributed by atoms with Crippen LogP contribution in [0, 0.1) is 24.2 Å². The summed E-state index contributed by atoms with van der Waals surface area (Å²) in [5.41, 5.74) is 2.00. The highest BCUT2D eigenvalue weighted by Crippen LogP contribution is 2.25. The molecule has 0 aliphatic heterocycles. The van der Waals surface area contributed by atoms with Gasteiger partial charge in [-0.05, 0) is 25.3 Å². The van der Waals surface area contributed by atoms with Gasteiger partial charge in [0.1, 0.15) is 0 Å². The molecule has 0 spiro atoms. The quantitative estimate of drug-likeness (QED) is 0.781. The van der Waals surface area contributed by atoms with Gasteiger partial charge in [0.2, 0.25) is 0 Å². The summed E-state index contributed by atoms with van der Waals surface area (Å²) in [5, 5.41) is 8.82. The van der Waals surface area contributed by atoms with Gasteiger partial charge in [0.25, 0.3) is 0 Å². The summed E-state index contributed by atoms with van der Waals surface area (Å²) >= 11 is 0. The minimum Gasteiger partial charge on any atom is -0.198 e. The molecule has 0 saturated carbocycles. The van der Waals surface area contributed by atoms with E-state index in [-0.39, 0.29) is 6.42 Å². The van der Waals surface area contributed by atoms with E-state index < -0.39 is 18.5 Å². The van der Waals surface area contributed by atoms with E-state index >= 15 is 0 Å². The van der Waals surface area contributed by atoms with Gasteiger partial charge in [-0.15, -0.1) is 0 Å². The van der Waals surface area contributed by atoms with Gasteiger partial charge in [0, 0.05) is 6.42 Å². The van der Waals surface area contributed by atoms with Crippen molar-refractivity contribution in [3.8, 4) is 6.07 Å². The number of aryl methyl sites for hydroxylation is 1. The molecule has 0 saturated heterocycles. The molecule has 1 aromatic rings. The van der Waals surface area contributed by atoms with Crippen LogP contribution >= 0.6 is 0 Å². The van der Waals surface area contributed by atoms with E-state index in [1.165, 1.54) is 0 Å². The van der Waals surface area contributed by atoms with Crippen LogP contribution in [0.25, 0.3) is 0 Å². The lowest BCUT2D eigenvalue weighted by Crippen LogP contribution is -2.11. The van der Waals surface area contributed by atoms with Crippen molar-refractivity contribution in [2.24, 2.45) is 5.92 Å². The average molecular weight is 241 g/mol. The molecule has 17 heavy (non-hydrogen) atoms. The highest BCUT2D eigenvalue weighted by molar-refractivity contribution is 5.22. The van der Waals surface area contributed by atoms with Gasteiger partial charge in [0.15, 0.2) is 0 Å². The van der Waals surface area contributed by atoms with Gasteiger partial charge < -0.3 is 0 Å². The second kappa shape index (κ2) is 5.72. The third-order valence-electron chi connectivity index (χ3n) is 2.56. The molecule has 1 nitrogen and oxygen atoms in total. The standard InChI is InChI=1S/C13H14F3N/c1-10-2-4-11(5-3-10)8-12(9-17)6-7-13(14,15)16/h2-5,12H,6-8H2,1H3. The molecule has 4 heteroatoms. The number of nitrogens with zero attached hydrogens (tertiary/aromatic N) is 1. The fourth-order valence-electron chi connectivity index (χ4n) is 1.56. The minimum absolute atomic E-state index is 0.131. The minimum atomic E-state index is -4.18. The molecule has 92 valence electrons. The molecule has 0 radical (unpaired) electrons. The Morgan fingerprint density at radius 1 is 1.24 bits per heavy atom. The zero-order valence-corrected chi connectivity index (χ0v) is 9.59. The molecule has 1 unspecified atom stereocenters. The first-order valence-electron chi connectivity index (χ1n) is 5.42. The predicted molar refractivity (Wildman–Crippen MR) is 59.3 cm³/mol. The number of rotatable bonds is 4. The average Bonchev–Trinajstić information content (AvgIpc) is 2.25. The van der Waals surface area contributed by atoms with Gasteiger partial charge in [-0.1, -0.05) is 29.8 Å². The molecule has 1 aromatic carbocycles. The lowest BCUT2D eigenvalue weighted by atomic mass is 9.95. The molecule has 0 fully saturated rings. The van der Waals surface area contributed by atoms with Crippen LogP contribution in [0.1, 0.15) is 24.0 Å². The fourth-order valence-corrected chi connectivity index (χ4v) is 1.56. The summed E-state index contributed by atoms with van der Waals surface area (Å²) < 4.78 is 36.1. The summed E-state index contributed by atoms with van der Waals surface area (Å²) in [7, 11) is 0. The normalized spacial score (nSPS) is 13.1. The predicted octanol–water partition coefficient (Wildman–Crippen LogP) is 4.02. The van der Waals surface area contributed by atoms with Crippen molar-refractivity contribution in [3.63, 3.8) is 0 Å². The molecule has 0 aliphatic carbocycles. The lowest BCUT2D eigenvalue weighted by Gasteiger charge is -2.11. The smallest absolute Gasteiger partial charge is 0.198 e. The maximum atomic E-state index is 12.0. The van der Waals surface area contributed by atoms with Gasteiger partial charge in [-0.2, -0.15) is 18.4 Å². The van der Waals surface area contributed by atoms with Crippen LogP contribution in [-0.2, 0) is 6.42 Å². The molecule has 1 rings (SSSR count). The summed E-state index contributed by atoms with van der Waals surface area (Å²) in [6.45, 7) is 1.94. The Kier molecular flexibility index (Phi) is 4.56. The Morgan fingerprint density at radius 2 is 1.82 bits per heavy atom. The number of nitriles is 1. The van der Waals surface area contributed by atoms with E-state index in [9.17, 15) is 13.2 Å². The molecular weight excluding hydrogens is 227 g/mol. The zero-order chi connectivity index (χ0) is 12.9. The van der Waals surface area contributed by atoms with Crippen LogP contribution in [0.5, 0.6) is 0 Å². The number of benzene rings is 1. The van der Waals surface area contributed by atoms with Crippen LogP contribution < -0.4 is 0 Å². The van der Waals surface area contributed by atoms with Crippen LogP contribution in [-0.4, -0.2) is 6.18 Å². The number of halogens is 3. The van der Waals surface area contributed by atoms with Crippen molar-refractivity contribution >= 4 is 0 Å². The maximum Gasteiger partial charge on any atom is 0.389 e. The van der Waals surface area contributed by atoms with Crippen LogP contribution in [0.2, 0.25) is 0 Å². The Hall–Kier alpha value is -1.50. The first kappa shape index (κ1) is 13.6. The van der Waals surface area contributed by atoms with Crippen molar-refractivity contribution in [1.82, 2.24) is 0 Å². The summed E-state index contributed by atoms with van der Waals surface area (Å²) in [6.07, 6.45) is -4.82. The third-order valence-corrected chi connectivity index (χ3v) is 2.56. The van der Waals surface area contributed by atoms with E-state index in [1.54, 1.807) is 0 Å². The molecule has 1 atom stereocenters. The summed E-state index contributed by atoms with van der Waals surface area (Å²) in [4.78, 5) is 0. The second-order valence-electron chi connectivity index (χ2n) is 4.17. The van der Waals surface area contributed by atoms with Gasteiger partial charge in [-0.3, -0.25) is 0 Å². The lowest BCUT2D eigenvalue weighted by molar-refractivity contribution is -0.136. The molecule has 0 N–H and O–H groups in total. The van der Waals surface area contributed by atoms with Crippen LogP contribution in [0.15, 0.2) is 24.3 Å². The third kappa shape index (κ3) is 5.39. The van der Waals surface area contributed by atoms with Gasteiger partial charge in [-0.25, -0.2) is 0 Å². The number of alkyl halides is 3. The highest BCUT2D eigenvalue weighted by atomic mass is 19.4. The van der Waals surface area contributed by atoms with E-state index in [1.807, 2.05) is 37.3 Å². The van der Waals surface area contributed by atoms with Crippen molar-refractivity contribution in [2.75, 3.05) is 0 Å². The molecule has 0 heterocycles. The SMILES string of the molecule is Cc1ccc(CC(C#N)CCC(F)(F)F)cc1. The van der Waals surface area contributed by atoms with E-state index in [0.29, 0.717) is 6.42 Å². The largest absolute Gasteiger partial charge is 0.389 e. The Balaban J connectivity index is 2.53. The Labute approximate surface area is 98.9 Å². The summed E-state index contributed by atoms with van der Waals surface area (Å²) in [5.74, 6) is -0.570. The van der Waals surface area contributed by atoms with Crippen molar-refractivity contribution < 1.29 is 13.2 Å². The van der Waals surface area contributed by atoms with Gasteiger partial charge >= 0.3 is 6.18 Å². The molecule has 0 aliphatic rings. The fraction of sp³-hybridized carbons (Fsp3) is 0.462. The molecular formula is C13H14F3N. The van der Waals surface area contributed by atoms with Crippen molar-refractivity contribution in [2.45, 2.75) is 32.4 Å². The first-order valence-corrected chi connectivity index (χ1v) is 5.42. The van der Waals surface area contributed by atoms with E-state index in [2.05, 4.69) is 0 Å². The van der Waals surface area contributed by atoms with Crippen LogP contribution in [0.3, 0.4) is 0 Å². The van der Waals surface area contributed by atoms with Crippen molar-refractivity contribution in [3.05, 3.63) is 35.4 Å². The Bertz CT molecular complexity index is 387. The second-order valence-corrected chi connectivity index (χ2v) is 4.17. The van der Waals surface area contributed by atoms with E-state index in [0.717, 1.165) is 11.1 Å². The molecule has 0 aromatic heterocycles. The topological polar surface area (TPSA) is 23.8 Å². The molecule has 0 amide bonds. The zero-order valence-electron chi connectivity index (χ0n) is 9.59. The Morgan fingerprint density at radius 3 is 2.29 bits per heavy atom. The van der Waals surface area contributed by atoms with Crippen molar-refractivity contribution in [1.29, 1.82) is 5.26 Å². The first-order chi connectivity index (χ1) is 7.90. The maximum absolute atomic E-state index is 12.0. The van der Waals surface area contributed by atoms with E-state index in [4.69, 9.17) is 5.26 Å². The molecule has 0 bridgehead atoms.